The van der Waals surface area contributed by atoms with E-state index in [1.807, 2.05) is 0 Å². The first-order valence-electron chi connectivity index (χ1n) is 13.5. The van der Waals surface area contributed by atoms with Crippen LogP contribution in [0, 0.1) is 0 Å². The van der Waals surface area contributed by atoms with E-state index in [4.69, 9.17) is 4.43 Å². The van der Waals surface area contributed by atoms with Crippen LogP contribution < -0.4 is 5.32 Å². The Hall–Kier alpha value is -3.40. The SMILES string of the molecule is C[Si](C)(C)OC([C@H](Cc1ccccc1)NC(c1ccccc1)(c1ccccc1)c1ccccc1)(C(F)(F)F)C(F)(F)F. The predicted octanol–water partition coefficient (Wildman–Crippen LogP) is 8.89. The van der Waals surface area contributed by atoms with Gasteiger partial charge in [-0.2, -0.15) is 26.3 Å². The van der Waals surface area contributed by atoms with Gasteiger partial charge >= 0.3 is 12.4 Å². The number of benzene rings is 4. The first kappa shape index (κ1) is 31.5. The van der Waals surface area contributed by atoms with Gasteiger partial charge in [0.05, 0.1) is 11.6 Å². The van der Waals surface area contributed by atoms with Crippen molar-refractivity contribution in [2.24, 2.45) is 0 Å². The van der Waals surface area contributed by atoms with Crippen molar-refractivity contribution in [1.29, 1.82) is 0 Å². The van der Waals surface area contributed by atoms with E-state index < -0.39 is 44.3 Å². The lowest BCUT2D eigenvalue weighted by molar-refractivity contribution is -0.369. The van der Waals surface area contributed by atoms with Gasteiger partial charge < -0.3 is 4.43 Å². The van der Waals surface area contributed by atoms with Crippen LogP contribution in [0.15, 0.2) is 121 Å². The molecule has 42 heavy (non-hydrogen) atoms. The molecule has 0 radical (unpaired) electrons. The van der Waals surface area contributed by atoms with E-state index >= 15 is 26.3 Å². The van der Waals surface area contributed by atoms with Gasteiger partial charge in [0, 0.05) is 0 Å². The molecule has 222 valence electrons. The number of halogens is 6. The summed E-state index contributed by atoms with van der Waals surface area (Å²) in [4.78, 5) is 0. The minimum atomic E-state index is -5.81. The normalized spacial score (nSPS) is 14.0. The number of hydrogen-bond acceptors (Lipinski definition) is 2. The highest BCUT2D eigenvalue weighted by Crippen LogP contribution is 2.52. The third-order valence-corrected chi connectivity index (χ3v) is 8.03. The van der Waals surface area contributed by atoms with Crippen LogP contribution in [0.5, 0.6) is 0 Å². The molecular formula is C33H33F6NOSi. The number of hydrogen-bond donors (Lipinski definition) is 1. The first-order valence-corrected chi connectivity index (χ1v) is 16.9. The fraction of sp³-hybridized carbons (Fsp3) is 0.273. The molecule has 0 saturated heterocycles. The minimum Gasteiger partial charge on any atom is -0.396 e. The summed E-state index contributed by atoms with van der Waals surface area (Å²) in [5.74, 6) is 0. The highest BCUT2D eigenvalue weighted by atomic mass is 28.4. The van der Waals surface area contributed by atoms with Crippen molar-refractivity contribution in [2.45, 2.75) is 55.6 Å². The van der Waals surface area contributed by atoms with Gasteiger partial charge in [-0.25, -0.2) is 0 Å². The summed E-state index contributed by atoms with van der Waals surface area (Å²) in [5.41, 5.74) is -4.40. The van der Waals surface area contributed by atoms with Crippen molar-refractivity contribution >= 4 is 8.32 Å². The van der Waals surface area contributed by atoms with Crippen LogP contribution in [0.2, 0.25) is 19.6 Å². The third kappa shape index (κ3) is 6.33. The van der Waals surface area contributed by atoms with Crippen LogP contribution >= 0.6 is 0 Å². The lowest BCUT2D eigenvalue weighted by Gasteiger charge is -2.50. The number of alkyl halides is 6. The van der Waals surface area contributed by atoms with E-state index in [0.29, 0.717) is 22.3 Å². The third-order valence-electron chi connectivity index (χ3n) is 7.09. The zero-order chi connectivity index (χ0) is 30.7. The summed E-state index contributed by atoms with van der Waals surface area (Å²) in [6.45, 7) is 3.99. The van der Waals surface area contributed by atoms with Crippen molar-refractivity contribution in [1.82, 2.24) is 5.32 Å². The van der Waals surface area contributed by atoms with Gasteiger partial charge in [0.1, 0.15) is 0 Å². The Kier molecular flexibility index (Phi) is 9.06. The van der Waals surface area contributed by atoms with Crippen molar-refractivity contribution in [3.05, 3.63) is 144 Å². The maximum absolute atomic E-state index is 15.3. The lowest BCUT2D eigenvalue weighted by Crippen LogP contribution is -2.74. The molecule has 0 aliphatic heterocycles. The molecule has 0 aliphatic rings. The van der Waals surface area contributed by atoms with E-state index in [0.717, 1.165) is 0 Å². The molecule has 4 aromatic rings. The summed E-state index contributed by atoms with van der Waals surface area (Å²) < 4.78 is 97.0. The van der Waals surface area contributed by atoms with Gasteiger partial charge in [-0.05, 0) is 48.3 Å². The van der Waals surface area contributed by atoms with E-state index in [2.05, 4.69) is 5.32 Å². The highest BCUT2D eigenvalue weighted by molar-refractivity contribution is 6.69. The van der Waals surface area contributed by atoms with E-state index in [1.54, 1.807) is 109 Å². The lowest BCUT2D eigenvalue weighted by atomic mass is 9.74. The molecule has 1 atom stereocenters. The highest BCUT2D eigenvalue weighted by Gasteiger charge is 2.76. The molecule has 0 fully saturated rings. The van der Waals surface area contributed by atoms with Crippen molar-refractivity contribution in [3.63, 3.8) is 0 Å². The molecule has 2 nitrogen and oxygen atoms in total. The summed E-state index contributed by atoms with van der Waals surface area (Å²) in [5, 5.41) is 3.00. The van der Waals surface area contributed by atoms with E-state index in [-0.39, 0.29) is 0 Å². The molecule has 0 amide bonds. The summed E-state index contributed by atoms with van der Waals surface area (Å²) in [7, 11) is -3.49. The second kappa shape index (κ2) is 12.1. The second-order valence-corrected chi connectivity index (χ2v) is 15.6. The van der Waals surface area contributed by atoms with Gasteiger partial charge in [-0.15, -0.1) is 0 Å². The first-order chi connectivity index (χ1) is 19.7. The molecule has 9 heteroatoms. The molecule has 1 N–H and O–H groups in total. The van der Waals surface area contributed by atoms with Gasteiger partial charge in [-0.1, -0.05) is 121 Å². The van der Waals surface area contributed by atoms with Crippen molar-refractivity contribution in [3.8, 4) is 0 Å². The van der Waals surface area contributed by atoms with Gasteiger partial charge in [-0.3, -0.25) is 5.32 Å². The fourth-order valence-corrected chi connectivity index (χ4v) is 6.79. The van der Waals surface area contributed by atoms with Crippen molar-refractivity contribution in [2.75, 3.05) is 0 Å². The van der Waals surface area contributed by atoms with Crippen LogP contribution in [0.1, 0.15) is 22.3 Å². The minimum absolute atomic E-state index is 0.301. The second-order valence-electron chi connectivity index (χ2n) is 11.2. The Labute approximate surface area is 243 Å². The molecule has 0 heterocycles. The molecule has 4 aromatic carbocycles. The van der Waals surface area contributed by atoms with Crippen molar-refractivity contribution < 1.29 is 30.8 Å². The van der Waals surface area contributed by atoms with E-state index in [9.17, 15) is 0 Å². The molecule has 0 aromatic heterocycles. The Morgan fingerprint density at radius 2 is 0.905 bits per heavy atom. The predicted molar refractivity (Wildman–Crippen MR) is 156 cm³/mol. The zero-order valence-electron chi connectivity index (χ0n) is 23.5. The quantitative estimate of drug-likeness (QED) is 0.111. The standard InChI is InChI=1S/C33H33F6NOSi/c1-42(2,3)41-31(32(34,35)36,33(37,38)39)29(24-25-16-8-4-9-17-25)40-30(26-18-10-5-11-19-26,27-20-12-6-13-21-27)28-22-14-7-15-23-28/h4-23,29,40H,24H2,1-3H3/t29-/m0/s1. The molecule has 0 unspecified atom stereocenters. The Morgan fingerprint density at radius 1 is 0.571 bits per heavy atom. The molecular weight excluding hydrogens is 568 g/mol. The number of rotatable bonds is 10. The van der Waals surface area contributed by atoms with E-state index in [1.165, 1.54) is 31.8 Å². The Bertz CT molecular complexity index is 1300. The van der Waals surface area contributed by atoms with Crippen LogP contribution in [-0.2, 0) is 16.4 Å². The van der Waals surface area contributed by atoms with Gasteiger partial charge in [0.15, 0.2) is 8.32 Å². The summed E-state index contributed by atoms with van der Waals surface area (Å²) in [6.07, 6.45) is -12.2. The largest absolute Gasteiger partial charge is 0.426 e. The smallest absolute Gasteiger partial charge is 0.396 e. The molecule has 4 rings (SSSR count). The molecule has 0 spiro atoms. The average molecular weight is 602 g/mol. The molecule has 0 bridgehead atoms. The van der Waals surface area contributed by atoms with Gasteiger partial charge in [0.25, 0.3) is 5.60 Å². The molecule has 0 aliphatic carbocycles. The van der Waals surface area contributed by atoms with Crippen LogP contribution in [0.4, 0.5) is 26.3 Å². The summed E-state index contributed by atoms with van der Waals surface area (Å²) >= 11 is 0. The topological polar surface area (TPSA) is 21.3 Å². The Morgan fingerprint density at radius 3 is 1.21 bits per heavy atom. The monoisotopic (exact) mass is 601 g/mol. The summed E-state index contributed by atoms with van der Waals surface area (Å²) in [6, 6.07) is 31.3. The fourth-order valence-electron chi connectivity index (χ4n) is 5.45. The van der Waals surface area contributed by atoms with Crippen LogP contribution in [-0.4, -0.2) is 32.3 Å². The average Bonchev–Trinajstić information content (AvgIpc) is 2.94. The zero-order valence-corrected chi connectivity index (χ0v) is 24.5. The maximum Gasteiger partial charge on any atom is 0.426 e. The van der Waals surface area contributed by atoms with Gasteiger partial charge in [0.2, 0.25) is 0 Å². The number of nitrogens with one attached hydrogen (secondary N) is 1. The maximum atomic E-state index is 15.3. The molecule has 0 saturated carbocycles. The van der Waals surface area contributed by atoms with Crippen LogP contribution in [0.25, 0.3) is 0 Å². The van der Waals surface area contributed by atoms with Crippen LogP contribution in [0.3, 0.4) is 0 Å². The Balaban J connectivity index is 2.11.